The minimum absolute atomic E-state index is 0.0267. The number of nitrogens with zero attached hydrogens (tertiary/aromatic N) is 1. The van der Waals surface area contributed by atoms with Gasteiger partial charge in [0.2, 0.25) is 5.91 Å². The summed E-state index contributed by atoms with van der Waals surface area (Å²) in [4.78, 5) is 15.5. The van der Waals surface area contributed by atoms with Gasteiger partial charge >= 0.3 is 0 Å². The van der Waals surface area contributed by atoms with E-state index in [0.29, 0.717) is 0 Å². The number of amides is 1. The summed E-state index contributed by atoms with van der Waals surface area (Å²) in [5.74, 6) is 0.263. The van der Waals surface area contributed by atoms with Crippen molar-refractivity contribution < 1.29 is 4.79 Å². The monoisotopic (exact) mass is 278 g/mol. The van der Waals surface area contributed by atoms with E-state index in [9.17, 15) is 4.79 Å². The smallest absolute Gasteiger partial charge is 0.235 e. The van der Waals surface area contributed by atoms with Gasteiger partial charge in [0.05, 0.1) is 5.25 Å². The Hall–Kier alpha value is -1.16. The maximum atomic E-state index is 12.3. The van der Waals surface area contributed by atoms with Crippen molar-refractivity contribution in [1.82, 2.24) is 4.90 Å². The van der Waals surface area contributed by atoms with Gasteiger partial charge in [-0.2, -0.15) is 0 Å². The van der Waals surface area contributed by atoms with Crippen LogP contribution in [-0.4, -0.2) is 29.1 Å². The Labute approximate surface area is 119 Å². The number of carbonyl (C=O) groups is 1. The van der Waals surface area contributed by atoms with E-state index in [0.717, 1.165) is 42.1 Å². The first kappa shape index (κ1) is 14.3. The molecule has 19 heavy (non-hydrogen) atoms. The van der Waals surface area contributed by atoms with Crippen LogP contribution in [0.3, 0.4) is 0 Å². The Bertz CT molecular complexity index is 455. The molecule has 1 saturated heterocycles. The van der Waals surface area contributed by atoms with E-state index in [2.05, 4.69) is 6.07 Å². The molecule has 1 aliphatic rings. The molecular weight excluding hydrogens is 256 g/mol. The second-order valence-electron chi connectivity index (χ2n) is 5.16. The van der Waals surface area contributed by atoms with Crippen molar-refractivity contribution in [3.8, 4) is 0 Å². The molecule has 0 aromatic heterocycles. The Kier molecular flexibility index (Phi) is 4.75. The largest absolute Gasteiger partial charge is 0.399 e. The second-order valence-corrected chi connectivity index (χ2v) is 6.58. The summed E-state index contributed by atoms with van der Waals surface area (Å²) in [6.07, 6.45) is 3.54. The predicted molar refractivity (Wildman–Crippen MR) is 81.3 cm³/mol. The number of anilines is 1. The lowest BCUT2D eigenvalue weighted by Gasteiger charge is -2.29. The Balaban J connectivity index is 1.97. The highest BCUT2D eigenvalue weighted by molar-refractivity contribution is 8.00. The zero-order valence-electron chi connectivity index (χ0n) is 11.7. The molecule has 1 fully saturated rings. The highest BCUT2D eigenvalue weighted by Gasteiger charge is 2.22. The summed E-state index contributed by atoms with van der Waals surface area (Å²) >= 11 is 1.62. The fourth-order valence-electron chi connectivity index (χ4n) is 2.35. The number of hydrogen-bond donors (Lipinski definition) is 1. The van der Waals surface area contributed by atoms with Crippen molar-refractivity contribution >= 4 is 23.4 Å². The first-order chi connectivity index (χ1) is 9.08. The van der Waals surface area contributed by atoms with E-state index in [1.165, 1.54) is 6.42 Å². The minimum Gasteiger partial charge on any atom is -0.399 e. The molecule has 0 saturated carbocycles. The van der Waals surface area contributed by atoms with Crippen molar-refractivity contribution in [2.75, 3.05) is 18.8 Å². The van der Waals surface area contributed by atoms with Crippen LogP contribution in [0.2, 0.25) is 0 Å². The normalized spacial score (nSPS) is 17.3. The van der Waals surface area contributed by atoms with Gasteiger partial charge in [0.1, 0.15) is 0 Å². The molecule has 1 aromatic rings. The summed E-state index contributed by atoms with van der Waals surface area (Å²) < 4.78 is 0. The maximum Gasteiger partial charge on any atom is 0.235 e. The number of rotatable bonds is 3. The number of benzene rings is 1. The molecule has 2 rings (SSSR count). The van der Waals surface area contributed by atoms with Crippen LogP contribution >= 0.6 is 11.8 Å². The quantitative estimate of drug-likeness (QED) is 0.683. The van der Waals surface area contributed by atoms with Crippen molar-refractivity contribution in [1.29, 1.82) is 0 Å². The molecule has 104 valence electrons. The summed E-state index contributed by atoms with van der Waals surface area (Å²) in [5, 5.41) is -0.0267. The van der Waals surface area contributed by atoms with Gasteiger partial charge in [-0.15, -0.1) is 11.8 Å². The first-order valence-electron chi connectivity index (χ1n) is 6.89. The molecule has 0 bridgehead atoms. The van der Waals surface area contributed by atoms with Gasteiger partial charge in [0.15, 0.2) is 0 Å². The third-order valence-electron chi connectivity index (χ3n) is 3.57. The van der Waals surface area contributed by atoms with Crippen LogP contribution in [0.4, 0.5) is 5.69 Å². The molecule has 1 heterocycles. The second kappa shape index (κ2) is 6.33. The van der Waals surface area contributed by atoms with Crippen LogP contribution in [0.25, 0.3) is 0 Å². The van der Waals surface area contributed by atoms with Gasteiger partial charge in [-0.25, -0.2) is 0 Å². The fourth-order valence-corrected chi connectivity index (χ4v) is 3.40. The van der Waals surface area contributed by atoms with Crippen LogP contribution < -0.4 is 5.73 Å². The molecule has 2 N–H and O–H groups in total. The highest BCUT2D eigenvalue weighted by atomic mass is 32.2. The maximum absolute atomic E-state index is 12.3. The van der Waals surface area contributed by atoms with Crippen LogP contribution in [0.5, 0.6) is 0 Å². The van der Waals surface area contributed by atoms with Crippen molar-refractivity contribution in [2.45, 2.75) is 43.3 Å². The lowest BCUT2D eigenvalue weighted by Crippen LogP contribution is -2.40. The first-order valence-corrected chi connectivity index (χ1v) is 7.77. The van der Waals surface area contributed by atoms with Gasteiger partial charge in [-0.1, -0.05) is 0 Å². The number of carbonyl (C=O) groups excluding carboxylic acids is 1. The Morgan fingerprint density at radius 1 is 1.32 bits per heavy atom. The fraction of sp³-hybridized carbons (Fsp3) is 0.533. The van der Waals surface area contributed by atoms with Crippen LogP contribution in [0.1, 0.15) is 31.7 Å². The van der Waals surface area contributed by atoms with Gasteiger partial charge in [0.25, 0.3) is 0 Å². The number of piperidine rings is 1. The van der Waals surface area contributed by atoms with Crippen molar-refractivity contribution in [3.63, 3.8) is 0 Å². The number of likely N-dealkylation sites (tertiary alicyclic amines) is 1. The third kappa shape index (κ3) is 3.66. The number of aryl methyl sites for hydroxylation is 1. The molecule has 0 aliphatic carbocycles. The van der Waals surface area contributed by atoms with Gasteiger partial charge < -0.3 is 10.6 Å². The number of hydrogen-bond acceptors (Lipinski definition) is 3. The third-order valence-corrected chi connectivity index (χ3v) is 4.65. The average Bonchev–Trinajstić information content (AvgIpc) is 2.43. The van der Waals surface area contributed by atoms with Crippen LogP contribution in [0, 0.1) is 6.92 Å². The van der Waals surface area contributed by atoms with Crippen LogP contribution in [0.15, 0.2) is 23.1 Å². The topological polar surface area (TPSA) is 46.3 Å². The van der Waals surface area contributed by atoms with Crippen molar-refractivity contribution in [2.24, 2.45) is 0 Å². The molecular formula is C15H22N2OS. The standard InChI is InChI=1S/C15H22N2OS/c1-11-10-13(6-7-14(11)16)19-12(2)15(18)17-8-4-3-5-9-17/h6-7,10,12H,3-5,8-9,16H2,1-2H3. The number of nitrogens with two attached hydrogens (primary N) is 1. The minimum atomic E-state index is -0.0267. The van der Waals surface area contributed by atoms with Gasteiger partial charge in [-0.05, 0) is 56.9 Å². The Morgan fingerprint density at radius 3 is 2.63 bits per heavy atom. The molecule has 1 atom stereocenters. The molecule has 1 amide bonds. The Morgan fingerprint density at radius 2 is 2.00 bits per heavy atom. The summed E-state index contributed by atoms with van der Waals surface area (Å²) in [6, 6.07) is 5.96. The SMILES string of the molecule is Cc1cc(SC(C)C(=O)N2CCCCC2)ccc1N. The summed E-state index contributed by atoms with van der Waals surface area (Å²) in [5.41, 5.74) is 7.69. The summed E-state index contributed by atoms with van der Waals surface area (Å²) in [6.45, 7) is 5.83. The molecule has 1 aliphatic heterocycles. The molecule has 0 radical (unpaired) electrons. The zero-order valence-corrected chi connectivity index (χ0v) is 12.5. The average molecular weight is 278 g/mol. The van der Waals surface area contributed by atoms with E-state index < -0.39 is 0 Å². The number of thioether (sulfide) groups is 1. The molecule has 1 unspecified atom stereocenters. The van der Waals surface area contributed by atoms with Gasteiger partial charge in [0, 0.05) is 23.7 Å². The molecule has 1 aromatic carbocycles. The van der Waals surface area contributed by atoms with E-state index in [4.69, 9.17) is 5.73 Å². The van der Waals surface area contributed by atoms with E-state index in [1.807, 2.05) is 30.9 Å². The summed E-state index contributed by atoms with van der Waals surface area (Å²) in [7, 11) is 0. The van der Waals surface area contributed by atoms with E-state index >= 15 is 0 Å². The molecule has 4 heteroatoms. The number of nitrogen functional groups attached to an aromatic ring is 1. The highest BCUT2D eigenvalue weighted by Crippen LogP contribution is 2.27. The van der Waals surface area contributed by atoms with Crippen LogP contribution in [-0.2, 0) is 4.79 Å². The van der Waals surface area contributed by atoms with E-state index in [1.54, 1.807) is 11.8 Å². The van der Waals surface area contributed by atoms with Gasteiger partial charge in [-0.3, -0.25) is 4.79 Å². The lowest BCUT2D eigenvalue weighted by molar-refractivity contribution is -0.131. The zero-order chi connectivity index (χ0) is 13.8. The molecule has 0 spiro atoms. The van der Waals surface area contributed by atoms with E-state index in [-0.39, 0.29) is 11.2 Å². The lowest BCUT2D eigenvalue weighted by atomic mass is 10.1. The van der Waals surface area contributed by atoms with Crippen molar-refractivity contribution in [3.05, 3.63) is 23.8 Å². The predicted octanol–water partition coefficient (Wildman–Crippen LogP) is 3.07. The molecule has 3 nitrogen and oxygen atoms in total.